The molecular formula is C12H20N4O2. The summed E-state index contributed by atoms with van der Waals surface area (Å²) < 4.78 is 6.25. The van der Waals surface area contributed by atoms with Crippen molar-refractivity contribution in [1.29, 1.82) is 5.41 Å². The van der Waals surface area contributed by atoms with Crippen molar-refractivity contribution in [2.24, 2.45) is 5.73 Å². The van der Waals surface area contributed by atoms with Gasteiger partial charge < -0.3 is 10.5 Å². The summed E-state index contributed by atoms with van der Waals surface area (Å²) in [4.78, 5) is 12.0. The third-order valence-corrected chi connectivity index (χ3v) is 2.54. The van der Waals surface area contributed by atoms with Gasteiger partial charge in [-0.25, -0.2) is 4.68 Å². The van der Waals surface area contributed by atoms with Crippen LogP contribution in [0.3, 0.4) is 0 Å². The Hall–Kier alpha value is -1.69. The van der Waals surface area contributed by atoms with Gasteiger partial charge in [0.2, 0.25) is 0 Å². The number of aromatic nitrogens is 2. The highest BCUT2D eigenvalue weighted by Gasteiger charge is 2.20. The van der Waals surface area contributed by atoms with Crippen molar-refractivity contribution in [3.63, 3.8) is 0 Å². The molecule has 0 atom stereocenters. The molecule has 0 aliphatic carbocycles. The van der Waals surface area contributed by atoms with Crippen LogP contribution in [0.1, 0.15) is 32.0 Å². The molecule has 6 heteroatoms. The van der Waals surface area contributed by atoms with E-state index in [4.69, 9.17) is 15.9 Å². The number of nitrogens with two attached hydrogens (primary N) is 1. The van der Waals surface area contributed by atoms with Crippen LogP contribution in [0.4, 0.5) is 0 Å². The zero-order valence-electron chi connectivity index (χ0n) is 11.3. The quantitative estimate of drug-likeness (QED) is 0.601. The van der Waals surface area contributed by atoms with Crippen LogP contribution in [0.25, 0.3) is 0 Å². The van der Waals surface area contributed by atoms with Crippen molar-refractivity contribution >= 4 is 5.84 Å². The second kappa shape index (κ2) is 5.30. The molecule has 3 N–H and O–H groups in total. The summed E-state index contributed by atoms with van der Waals surface area (Å²) in [6.45, 7) is 6.70. The molecule has 1 heterocycles. The second-order valence-corrected chi connectivity index (χ2v) is 5.13. The summed E-state index contributed by atoms with van der Waals surface area (Å²) >= 11 is 0. The zero-order valence-corrected chi connectivity index (χ0v) is 11.3. The minimum absolute atomic E-state index is 0.186. The highest BCUT2D eigenvalue weighted by Crippen LogP contribution is 2.19. The summed E-state index contributed by atoms with van der Waals surface area (Å²) in [5.74, 6) is -0.237. The van der Waals surface area contributed by atoms with Crippen molar-refractivity contribution in [2.45, 2.75) is 32.7 Å². The average Bonchev–Trinajstić information content (AvgIpc) is 2.25. The van der Waals surface area contributed by atoms with Gasteiger partial charge in [0.05, 0.1) is 24.4 Å². The lowest BCUT2D eigenvalue weighted by molar-refractivity contribution is 0.181. The normalized spacial score (nSPS) is 11.6. The fraction of sp³-hybridized carbons (Fsp3) is 0.583. The van der Waals surface area contributed by atoms with E-state index in [1.165, 1.54) is 4.68 Å². The van der Waals surface area contributed by atoms with E-state index in [1.54, 1.807) is 13.2 Å². The van der Waals surface area contributed by atoms with Gasteiger partial charge in [0, 0.05) is 12.5 Å². The van der Waals surface area contributed by atoms with Crippen molar-refractivity contribution in [3.05, 3.63) is 27.7 Å². The standard InChI is InChI=1S/C12H20N4O2/c1-12(2,3)9-7-8(10(13)14)11(17)16(15-9)5-6-18-4/h7H,5-6H2,1-4H3,(H3,13,14). The van der Waals surface area contributed by atoms with E-state index in [9.17, 15) is 4.79 Å². The van der Waals surface area contributed by atoms with Gasteiger partial charge in [0.1, 0.15) is 5.84 Å². The van der Waals surface area contributed by atoms with E-state index in [0.29, 0.717) is 13.2 Å². The molecule has 0 unspecified atom stereocenters. The van der Waals surface area contributed by atoms with E-state index < -0.39 is 0 Å². The monoisotopic (exact) mass is 252 g/mol. The molecule has 0 amide bonds. The van der Waals surface area contributed by atoms with Gasteiger partial charge in [-0.1, -0.05) is 20.8 Å². The van der Waals surface area contributed by atoms with Gasteiger partial charge in [-0.15, -0.1) is 0 Å². The molecule has 6 nitrogen and oxygen atoms in total. The van der Waals surface area contributed by atoms with Crippen LogP contribution in [0.5, 0.6) is 0 Å². The molecule has 1 rings (SSSR count). The number of ether oxygens (including phenoxy) is 1. The number of methoxy groups -OCH3 is 1. The fourth-order valence-corrected chi connectivity index (χ4v) is 1.43. The Kier molecular flexibility index (Phi) is 4.24. The molecule has 0 saturated carbocycles. The van der Waals surface area contributed by atoms with E-state index in [0.717, 1.165) is 5.69 Å². The molecule has 0 aliphatic rings. The molecule has 1 aromatic heterocycles. The molecule has 0 saturated heterocycles. The first-order valence-electron chi connectivity index (χ1n) is 5.73. The number of nitrogen functional groups attached to an aromatic ring is 1. The summed E-state index contributed by atoms with van der Waals surface area (Å²) in [6.07, 6.45) is 0. The number of rotatable bonds is 4. The molecule has 100 valence electrons. The summed E-state index contributed by atoms with van der Waals surface area (Å²) in [6, 6.07) is 1.59. The van der Waals surface area contributed by atoms with E-state index >= 15 is 0 Å². The van der Waals surface area contributed by atoms with E-state index in [-0.39, 0.29) is 22.4 Å². The van der Waals surface area contributed by atoms with E-state index in [2.05, 4.69) is 5.10 Å². The summed E-state index contributed by atoms with van der Waals surface area (Å²) in [7, 11) is 1.56. The van der Waals surface area contributed by atoms with Gasteiger partial charge in [-0.2, -0.15) is 5.10 Å². The average molecular weight is 252 g/mol. The van der Waals surface area contributed by atoms with Crippen molar-refractivity contribution in [3.8, 4) is 0 Å². The number of nitrogens with zero attached hydrogens (tertiary/aromatic N) is 2. The van der Waals surface area contributed by atoms with Gasteiger partial charge in [0.15, 0.2) is 0 Å². The maximum absolute atomic E-state index is 12.0. The van der Waals surface area contributed by atoms with Crippen LogP contribution in [0, 0.1) is 5.41 Å². The largest absolute Gasteiger partial charge is 0.384 e. The summed E-state index contributed by atoms with van der Waals surface area (Å²) in [5, 5.41) is 11.8. The molecule has 1 aromatic rings. The number of hydrogen-bond acceptors (Lipinski definition) is 4. The molecule has 0 aromatic carbocycles. The Morgan fingerprint density at radius 1 is 1.56 bits per heavy atom. The SMILES string of the molecule is COCCn1nc(C(C)(C)C)cc(C(=N)N)c1=O. The zero-order chi connectivity index (χ0) is 13.9. The third-order valence-electron chi connectivity index (χ3n) is 2.54. The van der Waals surface area contributed by atoms with Crippen molar-refractivity contribution < 1.29 is 4.74 Å². The van der Waals surface area contributed by atoms with Gasteiger partial charge in [0.25, 0.3) is 5.56 Å². The minimum Gasteiger partial charge on any atom is -0.384 e. The van der Waals surface area contributed by atoms with Crippen LogP contribution >= 0.6 is 0 Å². The Morgan fingerprint density at radius 2 is 2.17 bits per heavy atom. The number of hydrogen-bond donors (Lipinski definition) is 2. The molecule has 0 bridgehead atoms. The van der Waals surface area contributed by atoms with Crippen LogP contribution in [-0.4, -0.2) is 29.3 Å². The first-order valence-corrected chi connectivity index (χ1v) is 5.73. The van der Waals surface area contributed by atoms with Gasteiger partial charge >= 0.3 is 0 Å². The molecule has 0 fully saturated rings. The molecular weight excluding hydrogens is 232 g/mol. The highest BCUT2D eigenvalue weighted by molar-refractivity contribution is 5.94. The highest BCUT2D eigenvalue weighted by atomic mass is 16.5. The first kappa shape index (κ1) is 14.4. The van der Waals surface area contributed by atoms with Gasteiger partial charge in [-0.3, -0.25) is 10.2 Å². The van der Waals surface area contributed by atoms with Crippen LogP contribution in [0.15, 0.2) is 10.9 Å². The lowest BCUT2D eigenvalue weighted by atomic mass is 9.91. The third kappa shape index (κ3) is 3.16. The van der Waals surface area contributed by atoms with Crippen molar-refractivity contribution in [1.82, 2.24) is 9.78 Å². The lowest BCUT2D eigenvalue weighted by Gasteiger charge is -2.19. The van der Waals surface area contributed by atoms with Crippen LogP contribution in [0.2, 0.25) is 0 Å². The number of amidine groups is 1. The number of nitrogens with one attached hydrogen (secondary N) is 1. The van der Waals surface area contributed by atoms with Crippen LogP contribution < -0.4 is 11.3 Å². The maximum Gasteiger partial charge on any atom is 0.277 e. The molecule has 0 aliphatic heterocycles. The maximum atomic E-state index is 12.0. The summed E-state index contributed by atoms with van der Waals surface area (Å²) in [5.41, 5.74) is 5.78. The predicted octanol–water partition coefficient (Wildman–Crippen LogP) is 0.471. The molecule has 0 spiro atoms. The fourth-order valence-electron chi connectivity index (χ4n) is 1.43. The Labute approximate surface area is 106 Å². The van der Waals surface area contributed by atoms with Crippen LogP contribution in [-0.2, 0) is 16.7 Å². The van der Waals surface area contributed by atoms with E-state index in [1.807, 2.05) is 20.8 Å². The Bertz CT molecular complexity index is 500. The Morgan fingerprint density at radius 3 is 2.61 bits per heavy atom. The molecule has 0 radical (unpaired) electrons. The second-order valence-electron chi connectivity index (χ2n) is 5.13. The van der Waals surface area contributed by atoms with Crippen molar-refractivity contribution in [2.75, 3.05) is 13.7 Å². The molecule has 18 heavy (non-hydrogen) atoms. The minimum atomic E-state index is -0.354. The predicted molar refractivity (Wildman–Crippen MR) is 70.1 cm³/mol. The smallest absolute Gasteiger partial charge is 0.277 e. The van der Waals surface area contributed by atoms with Gasteiger partial charge in [-0.05, 0) is 6.07 Å². The topological polar surface area (TPSA) is 94.0 Å². The lowest BCUT2D eigenvalue weighted by Crippen LogP contribution is -2.35. The first-order chi connectivity index (χ1) is 8.27. The Balaban J connectivity index is 3.37.